The van der Waals surface area contributed by atoms with E-state index in [9.17, 15) is 9.18 Å². The van der Waals surface area contributed by atoms with E-state index in [0.29, 0.717) is 41.1 Å². The van der Waals surface area contributed by atoms with Gasteiger partial charge in [0, 0.05) is 34.9 Å². The van der Waals surface area contributed by atoms with E-state index in [0.717, 1.165) is 22.0 Å². The van der Waals surface area contributed by atoms with Gasteiger partial charge in [0.05, 0.1) is 20.0 Å². The summed E-state index contributed by atoms with van der Waals surface area (Å²) in [6.07, 6.45) is 2.53. The number of ether oxygens (including phenoxy) is 2. The van der Waals surface area contributed by atoms with Gasteiger partial charge in [0.15, 0.2) is 22.5 Å². The number of rotatable bonds is 10. The predicted octanol–water partition coefficient (Wildman–Crippen LogP) is 5.02. The molecule has 10 heteroatoms. The summed E-state index contributed by atoms with van der Waals surface area (Å²) in [5.74, 6) is 1.60. The molecule has 0 saturated heterocycles. The average Bonchev–Trinajstić information content (AvgIpc) is 3.56. The van der Waals surface area contributed by atoms with Gasteiger partial charge < -0.3 is 19.8 Å². The molecule has 8 nitrogen and oxygen atoms in total. The maximum absolute atomic E-state index is 13.7. The lowest BCUT2D eigenvalue weighted by Gasteiger charge is -2.11. The maximum Gasteiger partial charge on any atom is 0.230 e. The lowest BCUT2D eigenvalue weighted by atomic mass is 10.1. The molecule has 0 aliphatic rings. The number of benzene rings is 3. The highest BCUT2D eigenvalue weighted by molar-refractivity contribution is 7.99. The fourth-order valence-electron chi connectivity index (χ4n) is 4.18. The molecule has 0 aliphatic heterocycles. The maximum atomic E-state index is 13.7. The fraction of sp³-hybridized carbons (Fsp3) is 0.179. The van der Waals surface area contributed by atoms with Crippen LogP contribution in [-0.2, 0) is 11.2 Å². The van der Waals surface area contributed by atoms with Crippen molar-refractivity contribution in [3.63, 3.8) is 0 Å². The van der Waals surface area contributed by atoms with Gasteiger partial charge in [-0.1, -0.05) is 36.0 Å². The van der Waals surface area contributed by atoms with Crippen molar-refractivity contribution in [3.05, 3.63) is 84.3 Å². The summed E-state index contributed by atoms with van der Waals surface area (Å²) in [6, 6.07) is 19.7. The van der Waals surface area contributed by atoms with Crippen molar-refractivity contribution in [1.82, 2.24) is 25.1 Å². The molecule has 0 saturated carbocycles. The molecule has 0 radical (unpaired) electrons. The van der Waals surface area contributed by atoms with Crippen molar-refractivity contribution in [2.24, 2.45) is 0 Å². The highest BCUT2D eigenvalue weighted by atomic mass is 32.2. The van der Waals surface area contributed by atoms with E-state index in [-0.39, 0.29) is 17.5 Å². The predicted molar refractivity (Wildman–Crippen MR) is 146 cm³/mol. The van der Waals surface area contributed by atoms with Crippen molar-refractivity contribution in [2.45, 2.75) is 11.6 Å². The first-order valence-corrected chi connectivity index (χ1v) is 12.9. The van der Waals surface area contributed by atoms with E-state index in [4.69, 9.17) is 9.47 Å². The molecule has 0 aliphatic carbocycles. The number of nitrogens with zero attached hydrogens (tertiary/aromatic N) is 3. The average molecular weight is 532 g/mol. The summed E-state index contributed by atoms with van der Waals surface area (Å²) >= 11 is 1.27. The van der Waals surface area contributed by atoms with Gasteiger partial charge >= 0.3 is 0 Å². The Bertz CT molecular complexity index is 1560. The Morgan fingerprint density at radius 2 is 1.82 bits per heavy atom. The monoisotopic (exact) mass is 531 g/mol. The summed E-state index contributed by atoms with van der Waals surface area (Å²) < 4.78 is 26.1. The summed E-state index contributed by atoms with van der Waals surface area (Å²) in [6.45, 7) is 0.472. The van der Waals surface area contributed by atoms with Gasteiger partial charge in [0.25, 0.3) is 0 Å². The van der Waals surface area contributed by atoms with Crippen LogP contribution in [0.15, 0.2) is 78.1 Å². The van der Waals surface area contributed by atoms with Crippen LogP contribution in [0, 0.1) is 5.82 Å². The number of para-hydroxylation sites is 1. The minimum absolute atomic E-state index is 0.127. The molecular formula is C28H26FN5O3S. The van der Waals surface area contributed by atoms with Crippen LogP contribution in [0.5, 0.6) is 11.5 Å². The third-order valence-corrected chi connectivity index (χ3v) is 6.99. The summed E-state index contributed by atoms with van der Waals surface area (Å²) in [5, 5.41) is 13.3. The number of fused-ring (bicyclic) bond motifs is 1. The minimum atomic E-state index is -0.335. The zero-order valence-corrected chi connectivity index (χ0v) is 21.7. The Morgan fingerprint density at radius 3 is 2.61 bits per heavy atom. The van der Waals surface area contributed by atoms with E-state index in [2.05, 4.69) is 20.5 Å². The van der Waals surface area contributed by atoms with Gasteiger partial charge in [-0.25, -0.2) is 4.39 Å². The van der Waals surface area contributed by atoms with Crippen molar-refractivity contribution >= 4 is 28.6 Å². The Morgan fingerprint density at radius 1 is 1.03 bits per heavy atom. The number of hydrogen-bond donors (Lipinski definition) is 2. The normalized spacial score (nSPS) is 11.0. The van der Waals surface area contributed by atoms with Crippen LogP contribution < -0.4 is 14.8 Å². The molecule has 0 unspecified atom stereocenters. The van der Waals surface area contributed by atoms with Gasteiger partial charge in [-0.3, -0.25) is 9.36 Å². The second-order valence-corrected chi connectivity index (χ2v) is 9.39. The number of H-pyrrole nitrogens is 1. The van der Waals surface area contributed by atoms with Crippen molar-refractivity contribution < 1.29 is 18.7 Å². The molecule has 5 rings (SSSR count). The highest BCUT2D eigenvalue weighted by Gasteiger charge is 2.20. The first kappa shape index (κ1) is 25.3. The van der Waals surface area contributed by atoms with Crippen molar-refractivity contribution in [3.8, 4) is 28.6 Å². The Kier molecular flexibility index (Phi) is 7.60. The zero-order chi connectivity index (χ0) is 26.5. The number of amides is 1. The van der Waals surface area contributed by atoms with Crippen LogP contribution in [0.3, 0.4) is 0 Å². The van der Waals surface area contributed by atoms with E-state index in [1.807, 2.05) is 53.2 Å². The number of aromatic amines is 1. The smallest absolute Gasteiger partial charge is 0.230 e. The van der Waals surface area contributed by atoms with E-state index < -0.39 is 0 Å². The van der Waals surface area contributed by atoms with Crippen LogP contribution in [0.2, 0.25) is 0 Å². The fourth-order valence-corrected chi connectivity index (χ4v) is 4.96. The van der Waals surface area contributed by atoms with Crippen LogP contribution in [0.4, 0.5) is 4.39 Å². The number of carbonyl (C=O) groups is 1. The molecule has 0 atom stereocenters. The Labute approximate surface area is 223 Å². The molecule has 3 aromatic carbocycles. The number of carbonyl (C=O) groups excluding carboxylic acids is 1. The topological polar surface area (TPSA) is 94.1 Å². The molecule has 2 N–H and O–H groups in total. The highest BCUT2D eigenvalue weighted by Crippen LogP contribution is 2.32. The van der Waals surface area contributed by atoms with Gasteiger partial charge in [0.1, 0.15) is 5.82 Å². The van der Waals surface area contributed by atoms with E-state index in [1.165, 1.54) is 23.9 Å². The summed E-state index contributed by atoms with van der Waals surface area (Å²) in [7, 11) is 3.19. The number of aromatic nitrogens is 4. The minimum Gasteiger partial charge on any atom is -0.493 e. The van der Waals surface area contributed by atoms with Gasteiger partial charge in [-0.2, -0.15) is 0 Å². The summed E-state index contributed by atoms with van der Waals surface area (Å²) in [5.41, 5.74) is 3.56. The lowest BCUT2D eigenvalue weighted by molar-refractivity contribution is -0.118. The molecule has 1 amide bonds. The summed E-state index contributed by atoms with van der Waals surface area (Å²) in [4.78, 5) is 15.9. The number of nitrogens with one attached hydrogen (secondary N) is 2. The Balaban J connectivity index is 1.30. The molecule has 0 fully saturated rings. The molecule has 38 heavy (non-hydrogen) atoms. The van der Waals surface area contributed by atoms with Gasteiger partial charge in [-0.05, 0) is 54.4 Å². The van der Waals surface area contributed by atoms with Crippen molar-refractivity contribution in [2.75, 3.05) is 26.5 Å². The van der Waals surface area contributed by atoms with Crippen LogP contribution >= 0.6 is 11.8 Å². The number of halogens is 1. The van der Waals surface area contributed by atoms with Gasteiger partial charge in [-0.15, -0.1) is 10.2 Å². The largest absolute Gasteiger partial charge is 0.493 e. The lowest BCUT2D eigenvalue weighted by Crippen LogP contribution is -2.27. The standard InChI is InChI=1S/C28H26FN5O3S/c1-36-24-12-7-18(15-25(24)37-2)13-14-30-26(35)17-38-28-33-32-27(34(28)20-10-8-19(29)9-11-20)22-16-31-23-6-4-3-5-21(22)23/h3-12,15-16,31H,13-14,17H2,1-2H3,(H,30,35). The van der Waals surface area contributed by atoms with E-state index in [1.54, 1.807) is 26.4 Å². The van der Waals surface area contributed by atoms with Crippen molar-refractivity contribution in [1.29, 1.82) is 0 Å². The van der Waals surface area contributed by atoms with E-state index >= 15 is 0 Å². The Hall–Kier alpha value is -4.31. The number of thioether (sulfide) groups is 1. The third kappa shape index (κ3) is 5.35. The molecule has 2 heterocycles. The number of methoxy groups -OCH3 is 2. The zero-order valence-electron chi connectivity index (χ0n) is 20.9. The van der Waals surface area contributed by atoms with Crippen LogP contribution in [-0.4, -0.2) is 52.2 Å². The second-order valence-electron chi connectivity index (χ2n) is 8.44. The molecule has 0 spiro atoms. The third-order valence-electron chi connectivity index (χ3n) is 6.06. The first-order valence-electron chi connectivity index (χ1n) is 12.0. The van der Waals surface area contributed by atoms with Crippen LogP contribution in [0.1, 0.15) is 5.56 Å². The SMILES string of the molecule is COc1ccc(CCNC(=O)CSc2nnc(-c3c[nH]c4ccccc34)n2-c2ccc(F)cc2)cc1OC. The number of hydrogen-bond acceptors (Lipinski definition) is 6. The van der Waals surface area contributed by atoms with Crippen LogP contribution in [0.25, 0.3) is 28.0 Å². The van der Waals surface area contributed by atoms with Gasteiger partial charge in [0.2, 0.25) is 5.91 Å². The second kappa shape index (κ2) is 11.4. The molecular weight excluding hydrogens is 505 g/mol. The molecule has 5 aromatic rings. The quantitative estimate of drug-likeness (QED) is 0.246. The first-order chi connectivity index (χ1) is 18.6. The molecule has 2 aromatic heterocycles. The molecule has 194 valence electrons. The molecule has 0 bridgehead atoms.